The molecule has 0 aliphatic heterocycles. The third kappa shape index (κ3) is 4.84. The van der Waals surface area contributed by atoms with Gasteiger partial charge in [-0.2, -0.15) is 0 Å². The fourth-order valence-electron chi connectivity index (χ4n) is 2.21. The second-order valence-corrected chi connectivity index (χ2v) is 6.14. The molecule has 0 amide bonds. The molecule has 0 radical (unpaired) electrons. The zero-order valence-electron chi connectivity index (χ0n) is 12.9. The molecule has 2 fully saturated rings. The zero-order chi connectivity index (χ0) is 14.5. The van der Waals surface area contributed by atoms with Crippen molar-refractivity contribution in [3.05, 3.63) is 11.9 Å². The number of hydrogen-bond acceptors (Lipinski definition) is 5. The Morgan fingerprint density at radius 3 is 2.43 bits per heavy atom. The van der Waals surface area contributed by atoms with Gasteiger partial charge in [0.1, 0.15) is 17.5 Å². The summed E-state index contributed by atoms with van der Waals surface area (Å²) in [6.45, 7) is 5.58. The summed E-state index contributed by atoms with van der Waals surface area (Å²) < 4.78 is 5.64. The van der Waals surface area contributed by atoms with E-state index in [9.17, 15) is 0 Å². The highest BCUT2D eigenvalue weighted by Crippen LogP contribution is 2.38. The number of ether oxygens (including phenoxy) is 1. The summed E-state index contributed by atoms with van der Waals surface area (Å²) >= 11 is 0. The Kier molecular flexibility index (Phi) is 4.91. The normalized spacial score (nSPS) is 17.8. The standard InChI is InChI=1S/C16H26N4O/c1-2-7-17-14-10-15(20-16(19-14)13-5-6-13)18-8-9-21-11-12-3-4-12/h10,12-13H,2-9,11H2,1H3,(H2,17,18,19,20). The van der Waals surface area contributed by atoms with E-state index in [1.165, 1.54) is 25.7 Å². The maximum Gasteiger partial charge on any atom is 0.136 e. The molecule has 2 aliphatic carbocycles. The van der Waals surface area contributed by atoms with E-state index in [1.807, 2.05) is 6.07 Å². The first-order chi connectivity index (χ1) is 10.3. The molecule has 21 heavy (non-hydrogen) atoms. The zero-order valence-corrected chi connectivity index (χ0v) is 12.9. The molecule has 5 heteroatoms. The molecule has 3 rings (SSSR count). The maximum absolute atomic E-state index is 5.64. The van der Waals surface area contributed by atoms with Crippen LogP contribution in [0.3, 0.4) is 0 Å². The molecular formula is C16H26N4O. The highest BCUT2D eigenvalue weighted by Gasteiger charge is 2.27. The Morgan fingerprint density at radius 2 is 1.81 bits per heavy atom. The van der Waals surface area contributed by atoms with Crippen molar-refractivity contribution in [2.45, 2.75) is 44.9 Å². The largest absolute Gasteiger partial charge is 0.379 e. The molecule has 5 nitrogen and oxygen atoms in total. The molecule has 1 heterocycles. The lowest BCUT2D eigenvalue weighted by atomic mass is 10.3. The summed E-state index contributed by atoms with van der Waals surface area (Å²) in [6, 6.07) is 2.00. The van der Waals surface area contributed by atoms with Gasteiger partial charge in [-0.15, -0.1) is 0 Å². The van der Waals surface area contributed by atoms with Crippen molar-refractivity contribution in [1.29, 1.82) is 0 Å². The van der Waals surface area contributed by atoms with Gasteiger partial charge in [-0.05, 0) is 38.0 Å². The Morgan fingerprint density at radius 1 is 1.10 bits per heavy atom. The van der Waals surface area contributed by atoms with E-state index < -0.39 is 0 Å². The third-order valence-corrected chi connectivity index (χ3v) is 3.85. The molecule has 1 aromatic rings. The third-order valence-electron chi connectivity index (χ3n) is 3.85. The van der Waals surface area contributed by atoms with Crippen LogP contribution in [0.2, 0.25) is 0 Å². The molecule has 2 saturated carbocycles. The lowest BCUT2D eigenvalue weighted by Gasteiger charge is -2.11. The molecular weight excluding hydrogens is 264 g/mol. The van der Waals surface area contributed by atoms with Gasteiger partial charge in [0.05, 0.1) is 6.61 Å². The summed E-state index contributed by atoms with van der Waals surface area (Å²) in [4.78, 5) is 9.25. The highest BCUT2D eigenvalue weighted by molar-refractivity contribution is 5.48. The van der Waals surface area contributed by atoms with Crippen molar-refractivity contribution in [3.63, 3.8) is 0 Å². The topological polar surface area (TPSA) is 59.1 Å². The molecule has 0 aromatic carbocycles. The van der Waals surface area contributed by atoms with Gasteiger partial charge >= 0.3 is 0 Å². The molecule has 0 unspecified atom stereocenters. The first kappa shape index (κ1) is 14.6. The number of nitrogens with one attached hydrogen (secondary N) is 2. The van der Waals surface area contributed by atoms with E-state index in [2.05, 4.69) is 27.5 Å². The molecule has 0 spiro atoms. The van der Waals surface area contributed by atoms with Gasteiger partial charge in [-0.1, -0.05) is 6.92 Å². The Labute approximate surface area is 126 Å². The molecule has 0 atom stereocenters. The van der Waals surface area contributed by atoms with Gasteiger partial charge < -0.3 is 15.4 Å². The van der Waals surface area contributed by atoms with Crippen molar-refractivity contribution in [2.75, 3.05) is 36.9 Å². The van der Waals surface area contributed by atoms with Crippen LogP contribution in [0.15, 0.2) is 6.07 Å². The van der Waals surface area contributed by atoms with Crippen molar-refractivity contribution < 1.29 is 4.74 Å². The van der Waals surface area contributed by atoms with Crippen molar-refractivity contribution in [3.8, 4) is 0 Å². The quantitative estimate of drug-likeness (QED) is 0.649. The number of nitrogens with zero attached hydrogens (tertiary/aromatic N) is 2. The molecule has 0 saturated heterocycles. The minimum Gasteiger partial charge on any atom is -0.379 e. The fourth-order valence-corrected chi connectivity index (χ4v) is 2.21. The van der Waals surface area contributed by atoms with E-state index in [1.54, 1.807) is 0 Å². The minimum atomic E-state index is 0.569. The average molecular weight is 290 g/mol. The Balaban J connectivity index is 1.50. The Hall–Kier alpha value is -1.36. The number of aromatic nitrogens is 2. The summed E-state index contributed by atoms with van der Waals surface area (Å²) in [6.07, 6.45) is 6.23. The smallest absolute Gasteiger partial charge is 0.136 e. The van der Waals surface area contributed by atoms with Gasteiger partial charge in [0.15, 0.2) is 0 Å². The van der Waals surface area contributed by atoms with E-state index in [4.69, 9.17) is 4.74 Å². The van der Waals surface area contributed by atoms with Crippen LogP contribution in [0.25, 0.3) is 0 Å². The second kappa shape index (κ2) is 7.07. The molecule has 0 bridgehead atoms. The number of anilines is 2. The highest BCUT2D eigenvalue weighted by atomic mass is 16.5. The molecule has 2 aliphatic rings. The summed E-state index contributed by atoms with van der Waals surface area (Å²) in [5.41, 5.74) is 0. The minimum absolute atomic E-state index is 0.569. The molecule has 1 aromatic heterocycles. The van der Waals surface area contributed by atoms with Crippen molar-refractivity contribution in [2.24, 2.45) is 5.92 Å². The van der Waals surface area contributed by atoms with Crippen LogP contribution in [0.5, 0.6) is 0 Å². The van der Waals surface area contributed by atoms with Crippen molar-refractivity contribution >= 4 is 11.6 Å². The van der Waals surface area contributed by atoms with Gasteiger partial charge in [0.2, 0.25) is 0 Å². The lowest BCUT2D eigenvalue weighted by molar-refractivity contribution is 0.134. The SMILES string of the molecule is CCCNc1cc(NCCOCC2CC2)nc(C2CC2)n1. The van der Waals surface area contributed by atoms with Gasteiger partial charge in [0.25, 0.3) is 0 Å². The van der Waals surface area contributed by atoms with Gasteiger partial charge in [-0.25, -0.2) is 9.97 Å². The maximum atomic E-state index is 5.64. The predicted octanol–water partition coefficient (Wildman–Crippen LogP) is 3.01. The predicted molar refractivity (Wildman–Crippen MR) is 84.8 cm³/mol. The lowest BCUT2D eigenvalue weighted by Crippen LogP contribution is -2.13. The molecule has 116 valence electrons. The number of hydrogen-bond donors (Lipinski definition) is 2. The van der Waals surface area contributed by atoms with Crippen LogP contribution >= 0.6 is 0 Å². The van der Waals surface area contributed by atoms with Crippen LogP contribution in [0.4, 0.5) is 11.6 Å². The van der Waals surface area contributed by atoms with Gasteiger partial charge in [-0.3, -0.25) is 0 Å². The fraction of sp³-hybridized carbons (Fsp3) is 0.750. The van der Waals surface area contributed by atoms with E-state index in [0.717, 1.165) is 56.1 Å². The van der Waals surface area contributed by atoms with Gasteiger partial charge in [0, 0.05) is 31.7 Å². The van der Waals surface area contributed by atoms with E-state index in [0.29, 0.717) is 5.92 Å². The van der Waals surface area contributed by atoms with E-state index >= 15 is 0 Å². The first-order valence-corrected chi connectivity index (χ1v) is 8.29. The summed E-state index contributed by atoms with van der Waals surface area (Å²) in [7, 11) is 0. The van der Waals surface area contributed by atoms with Crippen LogP contribution in [0.1, 0.15) is 50.8 Å². The van der Waals surface area contributed by atoms with Crippen LogP contribution < -0.4 is 10.6 Å². The van der Waals surface area contributed by atoms with E-state index in [-0.39, 0.29) is 0 Å². The van der Waals surface area contributed by atoms with Crippen LogP contribution in [0, 0.1) is 5.92 Å². The molecule has 2 N–H and O–H groups in total. The second-order valence-electron chi connectivity index (χ2n) is 6.14. The number of rotatable bonds is 10. The summed E-state index contributed by atoms with van der Waals surface area (Å²) in [5.74, 6) is 4.24. The van der Waals surface area contributed by atoms with Crippen molar-refractivity contribution in [1.82, 2.24) is 9.97 Å². The summed E-state index contributed by atoms with van der Waals surface area (Å²) in [5, 5.41) is 6.72. The van der Waals surface area contributed by atoms with Crippen LogP contribution in [-0.4, -0.2) is 36.3 Å². The first-order valence-electron chi connectivity index (χ1n) is 8.29. The average Bonchev–Trinajstić information content (AvgIpc) is 3.38. The Bertz CT molecular complexity index is 458. The van der Waals surface area contributed by atoms with Crippen LogP contribution in [-0.2, 0) is 4.74 Å². The monoisotopic (exact) mass is 290 g/mol.